The van der Waals surface area contributed by atoms with Crippen molar-refractivity contribution in [3.63, 3.8) is 0 Å². The van der Waals surface area contributed by atoms with Crippen molar-refractivity contribution >= 4 is 11.4 Å². The van der Waals surface area contributed by atoms with Gasteiger partial charge in [0.05, 0.1) is 11.0 Å². The van der Waals surface area contributed by atoms with Crippen LogP contribution in [0.1, 0.15) is 18.4 Å². The van der Waals surface area contributed by atoms with E-state index in [1.807, 2.05) is 7.05 Å². The number of rotatable bonds is 6. The highest BCUT2D eigenvalue weighted by atomic mass is 19.1. The van der Waals surface area contributed by atoms with E-state index in [2.05, 4.69) is 10.2 Å². The summed E-state index contributed by atoms with van der Waals surface area (Å²) < 4.78 is 13.3. The summed E-state index contributed by atoms with van der Waals surface area (Å²) in [5.74, 6) is -0.549. The Bertz CT molecular complexity index is 489. The number of likely N-dealkylation sites (N-methyl/N-ethyl adjacent to an activating group) is 1. The van der Waals surface area contributed by atoms with E-state index in [0.717, 1.165) is 12.6 Å². The van der Waals surface area contributed by atoms with E-state index in [-0.39, 0.29) is 5.69 Å². The molecule has 1 aliphatic rings. The Hall–Kier alpha value is -1.69. The Morgan fingerprint density at radius 1 is 1.53 bits per heavy atom. The van der Waals surface area contributed by atoms with Crippen LogP contribution in [0.2, 0.25) is 0 Å². The molecule has 6 heteroatoms. The molecule has 1 saturated carbocycles. The van der Waals surface area contributed by atoms with E-state index in [1.165, 1.54) is 18.9 Å². The fraction of sp³-hybridized carbons (Fsp3) is 0.538. The summed E-state index contributed by atoms with van der Waals surface area (Å²) in [5, 5.41) is 13.9. The van der Waals surface area contributed by atoms with Crippen LogP contribution in [0.3, 0.4) is 0 Å². The second kappa shape index (κ2) is 5.52. The standard InChI is InChI=1S/C13H18FN3O2/c1-9-7-12(13(17(18)19)8-11(9)14)15-5-6-16(2)10-3-4-10/h7-8,10,15H,3-6H2,1-2H3. The lowest BCUT2D eigenvalue weighted by Gasteiger charge is -2.16. The number of aryl methyl sites for hydroxylation is 1. The topological polar surface area (TPSA) is 58.4 Å². The predicted molar refractivity (Wildman–Crippen MR) is 71.9 cm³/mol. The summed E-state index contributed by atoms with van der Waals surface area (Å²) in [6, 6.07) is 3.12. The number of hydrogen-bond donors (Lipinski definition) is 1. The van der Waals surface area contributed by atoms with Crippen LogP contribution < -0.4 is 5.32 Å². The van der Waals surface area contributed by atoms with Gasteiger partial charge >= 0.3 is 0 Å². The third-order valence-corrected chi connectivity index (χ3v) is 3.42. The summed E-state index contributed by atoms with van der Waals surface area (Å²) in [5.41, 5.74) is 0.578. The van der Waals surface area contributed by atoms with Gasteiger partial charge < -0.3 is 10.2 Å². The van der Waals surface area contributed by atoms with Crippen LogP contribution in [-0.2, 0) is 0 Å². The second-order valence-electron chi connectivity index (χ2n) is 5.01. The first-order chi connectivity index (χ1) is 8.99. The molecule has 104 valence electrons. The first-order valence-electron chi connectivity index (χ1n) is 6.37. The second-order valence-corrected chi connectivity index (χ2v) is 5.01. The van der Waals surface area contributed by atoms with Gasteiger partial charge in [0.2, 0.25) is 0 Å². The third-order valence-electron chi connectivity index (χ3n) is 3.42. The van der Waals surface area contributed by atoms with Crippen molar-refractivity contribution in [2.24, 2.45) is 0 Å². The zero-order valence-corrected chi connectivity index (χ0v) is 11.1. The minimum absolute atomic E-state index is 0.211. The molecule has 0 atom stereocenters. The van der Waals surface area contributed by atoms with Gasteiger partial charge in [-0.1, -0.05) is 0 Å². The molecule has 1 N–H and O–H groups in total. The Labute approximate surface area is 111 Å². The molecule has 5 nitrogen and oxygen atoms in total. The van der Waals surface area contributed by atoms with Gasteiger partial charge in [-0.3, -0.25) is 10.1 Å². The van der Waals surface area contributed by atoms with Gasteiger partial charge in [-0.15, -0.1) is 0 Å². The van der Waals surface area contributed by atoms with Crippen molar-refractivity contribution in [1.29, 1.82) is 0 Å². The fourth-order valence-electron chi connectivity index (χ4n) is 2.03. The number of anilines is 1. The molecule has 0 aromatic heterocycles. The SMILES string of the molecule is Cc1cc(NCCN(C)C2CC2)c([N+](=O)[O-])cc1F. The Morgan fingerprint density at radius 2 is 2.21 bits per heavy atom. The zero-order chi connectivity index (χ0) is 14.0. The summed E-state index contributed by atoms with van der Waals surface area (Å²) in [6.07, 6.45) is 2.46. The number of nitrogens with one attached hydrogen (secondary N) is 1. The Morgan fingerprint density at radius 3 is 2.79 bits per heavy atom. The van der Waals surface area contributed by atoms with Gasteiger partial charge in [-0.25, -0.2) is 4.39 Å². The quantitative estimate of drug-likeness (QED) is 0.635. The lowest BCUT2D eigenvalue weighted by molar-refractivity contribution is -0.384. The van der Waals surface area contributed by atoms with E-state index in [0.29, 0.717) is 23.8 Å². The molecule has 1 aromatic rings. The van der Waals surface area contributed by atoms with Crippen molar-refractivity contribution in [1.82, 2.24) is 4.90 Å². The summed E-state index contributed by atoms with van der Waals surface area (Å²) >= 11 is 0. The van der Waals surface area contributed by atoms with Crippen molar-refractivity contribution in [2.45, 2.75) is 25.8 Å². The molecule has 0 bridgehead atoms. The first-order valence-corrected chi connectivity index (χ1v) is 6.37. The molecule has 1 fully saturated rings. The van der Waals surface area contributed by atoms with Gasteiger partial charge in [-0.2, -0.15) is 0 Å². The molecular formula is C13H18FN3O2. The van der Waals surface area contributed by atoms with Gasteiger partial charge in [0.1, 0.15) is 11.5 Å². The molecule has 2 rings (SSSR count). The van der Waals surface area contributed by atoms with Gasteiger partial charge in [0.25, 0.3) is 5.69 Å². The van der Waals surface area contributed by atoms with Crippen molar-refractivity contribution in [3.05, 3.63) is 33.6 Å². The predicted octanol–water partition coefficient (Wildman–Crippen LogP) is 2.55. The summed E-state index contributed by atoms with van der Waals surface area (Å²) in [6.45, 7) is 3.03. The van der Waals surface area contributed by atoms with E-state index in [1.54, 1.807) is 6.92 Å². The Kier molecular flexibility index (Phi) is 3.99. The molecule has 0 aliphatic heterocycles. The molecule has 0 saturated heterocycles. The number of nitrogens with zero attached hydrogens (tertiary/aromatic N) is 2. The van der Waals surface area contributed by atoms with Gasteiger partial charge in [0.15, 0.2) is 0 Å². The van der Waals surface area contributed by atoms with E-state index in [9.17, 15) is 14.5 Å². The van der Waals surface area contributed by atoms with Crippen molar-refractivity contribution in [3.8, 4) is 0 Å². The summed E-state index contributed by atoms with van der Waals surface area (Å²) in [7, 11) is 2.05. The highest BCUT2D eigenvalue weighted by molar-refractivity contribution is 5.63. The monoisotopic (exact) mass is 267 g/mol. The highest BCUT2D eigenvalue weighted by Crippen LogP contribution is 2.28. The largest absolute Gasteiger partial charge is 0.378 e. The average Bonchev–Trinajstić information content (AvgIpc) is 3.16. The maximum atomic E-state index is 13.3. The fourth-order valence-corrected chi connectivity index (χ4v) is 2.03. The lowest BCUT2D eigenvalue weighted by Crippen LogP contribution is -2.27. The van der Waals surface area contributed by atoms with E-state index < -0.39 is 10.7 Å². The molecule has 0 heterocycles. The number of nitro groups is 1. The van der Waals surface area contributed by atoms with Crippen LogP contribution >= 0.6 is 0 Å². The Balaban J connectivity index is 2.01. The first kappa shape index (κ1) is 13.7. The summed E-state index contributed by atoms with van der Waals surface area (Å²) in [4.78, 5) is 12.6. The molecular weight excluding hydrogens is 249 g/mol. The molecule has 0 radical (unpaired) electrons. The van der Waals surface area contributed by atoms with Crippen LogP contribution in [0.25, 0.3) is 0 Å². The van der Waals surface area contributed by atoms with E-state index >= 15 is 0 Å². The molecule has 0 amide bonds. The smallest absolute Gasteiger partial charge is 0.295 e. The van der Waals surface area contributed by atoms with Crippen LogP contribution in [-0.4, -0.2) is 36.0 Å². The lowest BCUT2D eigenvalue weighted by atomic mass is 10.2. The zero-order valence-electron chi connectivity index (χ0n) is 11.1. The number of hydrogen-bond acceptors (Lipinski definition) is 4. The third kappa shape index (κ3) is 3.41. The van der Waals surface area contributed by atoms with Gasteiger partial charge in [0, 0.05) is 19.1 Å². The average molecular weight is 267 g/mol. The molecule has 1 aromatic carbocycles. The molecule has 0 unspecified atom stereocenters. The van der Waals surface area contributed by atoms with E-state index in [4.69, 9.17) is 0 Å². The number of nitro benzene ring substituents is 1. The minimum Gasteiger partial charge on any atom is -0.378 e. The minimum atomic E-state index is -0.560. The number of benzene rings is 1. The highest BCUT2D eigenvalue weighted by Gasteiger charge is 2.25. The maximum Gasteiger partial charge on any atom is 0.295 e. The normalized spacial score (nSPS) is 14.7. The molecule has 0 spiro atoms. The van der Waals surface area contributed by atoms with Crippen molar-refractivity contribution in [2.75, 3.05) is 25.5 Å². The van der Waals surface area contributed by atoms with Crippen LogP contribution in [0.4, 0.5) is 15.8 Å². The van der Waals surface area contributed by atoms with Crippen LogP contribution in [0.5, 0.6) is 0 Å². The van der Waals surface area contributed by atoms with Gasteiger partial charge in [-0.05, 0) is 38.4 Å². The maximum absolute atomic E-state index is 13.3. The van der Waals surface area contributed by atoms with Crippen LogP contribution in [0.15, 0.2) is 12.1 Å². The number of halogens is 1. The molecule has 19 heavy (non-hydrogen) atoms. The van der Waals surface area contributed by atoms with Crippen LogP contribution in [0, 0.1) is 22.9 Å². The molecule has 1 aliphatic carbocycles. The van der Waals surface area contributed by atoms with Crippen molar-refractivity contribution < 1.29 is 9.31 Å².